The molecule has 0 fully saturated rings. The lowest BCUT2D eigenvalue weighted by molar-refractivity contribution is 0.0525. The van der Waals surface area contributed by atoms with Crippen molar-refractivity contribution in [1.29, 1.82) is 0 Å². The number of hydrogen-bond donors (Lipinski definition) is 1. The summed E-state index contributed by atoms with van der Waals surface area (Å²) >= 11 is 1.58. The molecule has 0 unspecified atom stereocenters. The van der Waals surface area contributed by atoms with Gasteiger partial charge in [0.15, 0.2) is 0 Å². The van der Waals surface area contributed by atoms with Gasteiger partial charge in [-0.3, -0.25) is 4.68 Å². The first kappa shape index (κ1) is 22.3. The Bertz CT molecular complexity index is 818. The summed E-state index contributed by atoms with van der Waals surface area (Å²) in [5, 5.41) is 7.56. The van der Waals surface area contributed by atoms with Gasteiger partial charge in [0.05, 0.1) is 17.1 Å². The molecule has 28 heavy (non-hydrogen) atoms. The Labute approximate surface area is 171 Å². The Morgan fingerprint density at radius 3 is 2.32 bits per heavy atom. The normalized spacial score (nSPS) is 12.1. The number of alkyl carbamates (subject to hydrolysis) is 1. The minimum absolute atomic E-state index is 0.142. The summed E-state index contributed by atoms with van der Waals surface area (Å²) in [4.78, 5) is 13.9. The Morgan fingerprint density at radius 2 is 1.79 bits per heavy atom. The van der Waals surface area contributed by atoms with E-state index in [0.717, 1.165) is 21.2 Å². The molecule has 2 rings (SSSR count). The maximum absolute atomic E-state index is 13.2. The van der Waals surface area contributed by atoms with Crippen molar-refractivity contribution in [3.8, 4) is 0 Å². The molecule has 0 aliphatic heterocycles. The molecule has 1 N–H and O–H groups in total. The Balaban J connectivity index is 2.16. The lowest BCUT2D eigenvalue weighted by Gasteiger charge is -2.19. The molecule has 0 spiro atoms. The van der Waals surface area contributed by atoms with Crippen molar-refractivity contribution in [2.24, 2.45) is 0 Å². The second kappa shape index (κ2) is 8.55. The van der Waals surface area contributed by atoms with E-state index in [1.54, 1.807) is 23.9 Å². The van der Waals surface area contributed by atoms with Crippen LogP contribution in [-0.4, -0.2) is 28.0 Å². The van der Waals surface area contributed by atoms with Gasteiger partial charge in [0, 0.05) is 22.5 Å². The van der Waals surface area contributed by atoms with Crippen LogP contribution >= 0.6 is 11.8 Å². The highest BCUT2D eigenvalue weighted by molar-refractivity contribution is 7.99. The van der Waals surface area contributed by atoms with E-state index in [9.17, 15) is 9.18 Å². The van der Waals surface area contributed by atoms with Gasteiger partial charge in [0.2, 0.25) is 0 Å². The van der Waals surface area contributed by atoms with E-state index in [4.69, 9.17) is 9.84 Å². The number of benzene rings is 1. The van der Waals surface area contributed by atoms with Crippen LogP contribution in [0.15, 0.2) is 34.1 Å². The van der Waals surface area contributed by atoms with Crippen LogP contribution in [0.3, 0.4) is 0 Å². The number of rotatable bonds is 5. The van der Waals surface area contributed by atoms with E-state index in [0.29, 0.717) is 13.1 Å². The molecule has 0 aliphatic carbocycles. The third-order valence-corrected chi connectivity index (χ3v) is 5.09. The third kappa shape index (κ3) is 6.26. The Morgan fingerprint density at radius 1 is 1.18 bits per heavy atom. The van der Waals surface area contributed by atoms with Crippen LogP contribution in [0.4, 0.5) is 9.18 Å². The van der Waals surface area contributed by atoms with E-state index >= 15 is 0 Å². The summed E-state index contributed by atoms with van der Waals surface area (Å²) in [5.74, 6) is -0.249. The molecule has 2 aromatic rings. The van der Waals surface area contributed by atoms with Gasteiger partial charge < -0.3 is 10.1 Å². The van der Waals surface area contributed by atoms with Crippen LogP contribution in [0.25, 0.3) is 0 Å². The molecule has 1 aromatic heterocycles. The molecular formula is C21H30FN3O2S. The number of carbonyl (C=O) groups is 1. The standard InChI is InChI=1S/C21H30FN3O2S/c1-14-17(28-16-10-8-15(22)9-11-16)18(20(2,3)4)24-25(14)13-12-23-19(26)27-21(5,6)7/h8-11H,12-13H2,1-7H3,(H,23,26). The Kier molecular flexibility index (Phi) is 6.80. The smallest absolute Gasteiger partial charge is 0.407 e. The van der Waals surface area contributed by atoms with Crippen LogP contribution in [0.5, 0.6) is 0 Å². The van der Waals surface area contributed by atoms with Crippen molar-refractivity contribution in [2.45, 2.75) is 75.8 Å². The number of amides is 1. The van der Waals surface area contributed by atoms with Crippen LogP contribution in [0, 0.1) is 12.7 Å². The fourth-order valence-electron chi connectivity index (χ4n) is 2.56. The molecule has 5 nitrogen and oxygen atoms in total. The van der Waals surface area contributed by atoms with Crippen LogP contribution in [0.2, 0.25) is 0 Å². The molecule has 0 radical (unpaired) electrons. The van der Waals surface area contributed by atoms with Gasteiger partial charge in [-0.2, -0.15) is 5.10 Å². The molecular weight excluding hydrogens is 377 g/mol. The predicted octanol–water partition coefficient (Wildman–Crippen LogP) is 5.30. The fraction of sp³-hybridized carbons (Fsp3) is 0.524. The van der Waals surface area contributed by atoms with E-state index in [-0.39, 0.29) is 11.2 Å². The zero-order chi connectivity index (χ0) is 21.1. The molecule has 1 heterocycles. The fourth-order valence-corrected chi connectivity index (χ4v) is 3.76. The summed E-state index contributed by atoms with van der Waals surface area (Å²) in [6.07, 6.45) is -0.436. The minimum atomic E-state index is -0.524. The highest BCUT2D eigenvalue weighted by Crippen LogP contribution is 2.38. The molecule has 0 saturated heterocycles. The third-order valence-electron chi connectivity index (χ3n) is 3.89. The molecule has 1 aromatic carbocycles. The van der Waals surface area contributed by atoms with Gasteiger partial charge in [-0.05, 0) is 52.0 Å². The molecule has 1 amide bonds. The minimum Gasteiger partial charge on any atom is -0.444 e. The van der Waals surface area contributed by atoms with Crippen molar-refractivity contribution in [2.75, 3.05) is 6.54 Å². The second-order valence-corrected chi connectivity index (χ2v) is 9.80. The largest absolute Gasteiger partial charge is 0.444 e. The summed E-state index contributed by atoms with van der Waals surface area (Å²) in [6, 6.07) is 6.47. The number of ether oxygens (including phenoxy) is 1. The average Bonchev–Trinajstić information content (AvgIpc) is 2.85. The van der Waals surface area contributed by atoms with E-state index in [1.165, 1.54) is 12.1 Å². The van der Waals surface area contributed by atoms with E-state index in [2.05, 4.69) is 26.1 Å². The molecule has 154 valence electrons. The van der Waals surface area contributed by atoms with Gasteiger partial charge in [-0.15, -0.1) is 0 Å². The topological polar surface area (TPSA) is 56.2 Å². The number of aromatic nitrogens is 2. The maximum Gasteiger partial charge on any atom is 0.407 e. The summed E-state index contributed by atoms with van der Waals surface area (Å²) in [7, 11) is 0. The highest BCUT2D eigenvalue weighted by Gasteiger charge is 2.26. The first-order valence-electron chi connectivity index (χ1n) is 9.35. The molecule has 7 heteroatoms. The van der Waals surface area contributed by atoms with Gasteiger partial charge >= 0.3 is 6.09 Å². The number of hydrogen-bond acceptors (Lipinski definition) is 4. The van der Waals surface area contributed by atoms with Crippen molar-refractivity contribution < 1.29 is 13.9 Å². The zero-order valence-electron chi connectivity index (χ0n) is 17.7. The van der Waals surface area contributed by atoms with E-state index in [1.807, 2.05) is 32.4 Å². The first-order valence-corrected chi connectivity index (χ1v) is 10.2. The highest BCUT2D eigenvalue weighted by atomic mass is 32.2. The zero-order valence-corrected chi connectivity index (χ0v) is 18.5. The van der Waals surface area contributed by atoms with Crippen LogP contribution in [0.1, 0.15) is 52.9 Å². The number of nitrogens with one attached hydrogen (secondary N) is 1. The monoisotopic (exact) mass is 407 g/mol. The quantitative estimate of drug-likeness (QED) is 0.730. The SMILES string of the molecule is Cc1c(Sc2ccc(F)cc2)c(C(C)(C)C)nn1CCNC(=O)OC(C)(C)C. The van der Waals surface area contributed by atoms with Crippen molar-refractivity contribution >= 4 is 17.9 Å². The van der Waals surface area contributed by atoms with Crippen LogP contribution < -0.4 is 5.32 Å². The average molecular weight is 408 g/mol. The first-order chi connectivity index (χ1) is 12.9. The molecule has 0 bridgehead atoms. The summed E-state index contributed by atoms with van der Waals surface area (Å²) in [5.41, 5.74) is 1.34. The van der Waals surface area contributed by atoms with Crippen molar-refractivity contribution in [3.63, 3.8) is 0 Å². The number of carbonyl (C=O) groups excluding carboxylic acids is 1. The van der Waals surface area contributed by atoms with E-state index < -0.39 is 11.7 Å². The number of halogens is 1. The molecule has 0 atom stereocenters. The lowest BCUT2D eigenvalue weighted by atomic mass is 9.92. The van der Waals surface area contributed by atoms with Gasteiger partial charge in [-0.25, -0.2) is 9.18 Å². The van der Waals surface area contributed by atoms with Crippen molar-refractivity contribution in [1.82, 2.24) is 15.1 Å². The molecule has 0 aliphatic rings. The van der Waals surface area contributed by atoms with Crippen molar-refractivity contribution in [3.05, 3.63) is 41.5 Å². The maximum atomic E-state index is 13.2. The lowest BCUT2D eigenvalue weighted by Crippen LogP contribution is -2.34. The predicted molar refractivity (Wildman–Crippen MR) is 110 cm³/mol. The summed E-state index contributed by atoms with van der Waals surface area (Å²) < 4.78 is 20.4. The molecule has 0 saturated carbocycles. The Hall–Kier alpha value is -2.02. The van der Waals surface area contributed by atoms with Gasteiger partial charge in [0.25, 0.3) is 0 Å². The van der Waals surface area contributed by atoms with Gasteiger partial charge in [0.1, 0.15) is 11.4 Å². The van der Waals surface area contributed by atoms with Gasteiger partial charge in [-0.1, -0.05) is 32.5 Å². The summed E-state index contributed by atoms with van der Waals surface area (Å²) in [6.45, 7) is 14.8. The van der Waals surface area contributed by atoms with Crippen LogP contribution in [-0.2, 0) is 16.7 Å². The second-order valence-electron chi connectivity index (χ2n) is 8.72. The number of nitrogens with zero attached hydrogens (tertiary/aromatic N) is 2.